The van der Waals surface area contributed by atoms with Crippen molar-refractivity contribution >= 4 is 41.5 Å². The van der Waals surface area contributed by atoms with Crippen LogP contribution < -0.4 is 15.8 Å². The molecule has 146 valence electrons. The second kappa shape index (κ2) is 10.6. The zero-order chi connectivity index (χ0) is 19.1. The van der Waals surface area contributed by atoms with Crippen LogP contribution in [0.25, 0.3) is 0 Å². The topological polar surface area (TPSA) is 84.7 Å². The fourth-order valence-electron chi connectivity index (χ4n) is 2.46. The van der Waals surface area contributed by atoms with Gasteiger partial charge >= 0.3 is 0 Å². The van der Waals surface area contributed by atoms with Gasteiger partial charge in [0, 0.05) is 19.2 Å². The molecule has 0 aliphatic heterocycles. The number of likely N-dealkylation sites (N-methyl/N-ethyl adjacent to an activating group) is 1. The van der Waals surface area contributed by atoms with Crippen molar-refractivity contribution in [2.24, 2.45) is 0 Å². The standard InChI is InChI=1S/C19H22ClN3O3.ClH/c1-3-23(12-13-7-5-4-6-8-13)18(24)11-22-19(25)14-9-15(20)16(21)10-17(14)26-2;/h4-10H,3,11-12,21H2,1-2H3,(H,22,25);1H. The van der Waals surface area contributed by atoms with Gasteiger partial charge < -0.3 is 20.7 Å². The van der Waals surface area contributed by atoms with Crippen molar-refractivity contribution in [2.45, 2.75) is 13.5 Å². The number of nitrogens with one attached hydrogen (secondary N) is 1. The molecule has 27 heavy (non-hydrogen) atoms. The molecule has 0 aromatic heterocycles. The number of ether oxygens (including phenoxy) is 1. The van der Waals surface area contributed by atoms with Gasteiger partial charge in [0.1, 0.15) is 5.75 Å². The lowest BCUT2D eigenvalue weighted by atomic mass is 10.1. The first-order valence-corrected chi connectivity index (χ1v) is 8.57. The van der Waals surface area contributed by atoms with Crippen LogP contribution in [-0.2, 0) is 11.3 Å². The van der Waals surface area contributed by atoms with Crippen LogP contribution in [0.3, 0.4) is 0 Å². The van der Waals surface area contributed by atoms with E-state index in [4.69, 9.17) is 22.1 Å². The van der Waals surface area contributed by atoms with Gasteiger partial charge in [-0.15, -0.1) is 12.4 Å². The zero-order valence-electron chi connectivity index (χ0n) is 15.2. The molecule has 2 amide bonds. The van der Waals surface area contributed by atoms with E-state index >= 15 is 0 Å². The quantitative estimate of drug-likeness (QED) is 0.685. The monoisotopic (exact) mass is 411 g/mol. The zero-order valence-corrected chi connectivity index (χ0v) is 16.8. The average Bonchev–Trinajstić information content (AvgIpc) is 2.66. The van der Waals surface area contributed by atoms with Gasteiger partial charge in [-0.2, -0.15) is 0 Å². The van der Waals surface area contributed by atoms with Gasteiger partial charge in [0.15, 0.2) is 0 Å². The molecule has 0 unspecified atom stereocenters. The number of nitrogen functional groups attached to an aromatic ring is 1. The summed E-state index contributed by atoms with van der Waals surface area (Å²) < 4.78 is 5.16. The number of rotatable bonds is 7. The van der Waals surface area contributed by atoms with E-state index in [1.54, 1.807) is 4.90 Å². The highest BCUT2D eigenvalue weighted by Crippen LogP contribution is 2.28. The number of amides is 2. The summed E-state index contributed by atoms with van der Waals surface area (Å²) in [4.78, 5) is 26.5. The summed E-state index contributed by atoms with van der Waals surface area (Å²) in [6.45, 7) is 2.81. The Hall–Kier alpha value is -2.44. The lowest BCUT2D eigenvalue weighted by Crippen LogP contribution is -2.39. The number of methoxy groups -OCH3 is 1. The Morgan fingerprint density at radius 3 is 2.48 bits per heavy atom. The third-order valence-corrected chi connectivity index (χ3v) is 4.24. The molecule has 0 heterocycles. The summed E-state index contributed by atoms with van der Waals surface area (Å²) in [5.41, 5.74) is 7.29. The summed E-state index contributed by atoms with van der Waals surface area (Å²) in [7, 11) is 1.43. The molecular weight excluding hydrogens is 389 g/mol. The van der Waals surface area contributed by atoms with Gasteiger partial charge in [-0.3, -0.25) is 9.59 Å². The molecule has 0 fully saturated rings. The molecule has 0 bridgehead atoms. The Kier molecular flexibility index (Phi) is 8.91. The van der Waals surface area contributed by atoms with E-state index in [0.29, 0.717) is 24.5 Å². The molecule has 2 aromatic carbocycles. The summed E-state index contributed by atoms with van der Waals surface area (Å²) in [6.07, 6.45) is 0. The Morgan fingerprint density at radius 2 is 1.89 bits per heavy atom. The van der Waals surface area contributed by atoms with E-state index in [1.165, 1.54) is 19.2 Å². The largest absolute Gasteiger partial charge is 0.496 e. The summed E-state index contributed by atoms with van der Waals surface area (Å²) in [5.74, 6) is -0.327. The van der Waals surface area contributed by atoms with Gasteiger partial charge in [0.05, 0.1) is 29.9 Å². The van der Waals surface area contributed by atoms with Crippen molar-refractivity contribution in [1.82, 2.24) is 10.2 Å². The minimum atomic E-state index is -0.451. The van der Waals surface area contributed by atoms with E-state index in [0.717, 1.165) is 5.56 Å². The maximum Gasteiger partial charge on any atom is 0.255 e. The SMILES string of the molecule is CCN(Cc1ccccc1)C(=O)CNC(=O)c1cc(Cl)c(N)cc1OC.Cl. The van der Waals surface area contributed by atoms with Crippen molar-refractivity contribution in [3.8, 4) is 5.75 Å². The average molecular weight is 412 g/mol. The normalized spacial score (nSPS) is 9.89. The predicted octanol–water partition coefficient (Wildman–Crippen LogP) is 3.13. The Bertz CT molecular complexity index is 785. The smallest absolute Gasteiger partial charge is 0.255 e. The van der Waals surface area contributed by atoms with Crippen LogP contribution in [-0.4, -0.2) is 36.9 Å². The van der Waals surface area contributed by atoms with Crippen LogP contribution >= 0.6 is 24.0 Å². The van der Waals surface area contributed by atoms with E-state index in [-0.39, 0.29) is 35.4 Å². The number of halogens is 2. The molecule has 0 atom stereocenters. The highest BCUT2D eigenvalue weighted by atomic mass is 35.5. The van der Waals surface area contributed by atoms with Crippen LogP contribution in [0.1, 0.15) is 22.8 Å². The van der Waals surface area contributed by atoms with Gasteiger partial charge in [-0.05, 0) is 18.6 Å². The molecule has 0 saturated carbocycles. The molecule has 3 N–H and O–H groups in total. The van der Waals surface area contributed by atoms with E-state index in [9.17, 15) is 9.59 Å². The second-order valence-electron chi connectivity index (χ2n) is 5.65. The third kappa shape index (κ3) is 6.05. The highest BCUT2D eigenvalue weighted by molar-refractivity contribution is 6.33. The van der Waals surface area contributed by atoms with Gasteiger partial charge in [-0.25, -0.2) is 0 Å². The summed E-state index contributed by atoms with van der Waals surface area (Å²) in [6, 6.07) is 12.6. The molecule has 0 spiro atoms. The first-order chi connectivity index (χ1) is 12.5. The molecule has 0 radical (unpaired) electrons. The Morgan fingerprint density at radius 1 is 1.22 bits per heavy atom. The van der Waals surface area contributed by atoms with E-state index < -0.39 is 5.91 Å². The number of nitrogens with zero attached hydrogens (tertiary/aromatic N) is 1. The van der Waals surface area contributed by atoms with Crippen LogP contribution in [0.5, 0.6) is 5.75 Å². The molecule has 0 aliphatic carbocycles. The second-order valence-corrected chi connectivity index (χ2v) is 6.06. The summed E-state index contributed by atoms with van der Waals surface area (Å²) in [5, 5.41) is 2.86. The number of benzene rings is 2. The molecule has 8 heteroatoms. The minimum absolute atomic E-state index is 0. The lowest BCUT2D eigenvalue weighted by molar-refractivity contribution is -0.130. The Labute approximate surface area is 170 Å². The van der Waals surface area contributed by atoms with Gasteiger partial charge in [-0.1, -0.05) is 41.9 Å². The number of carbonyl (C=O) groups excluding carboxylic acids is 2. The number of carbonyl (C=O) groups is 2. The predicted molar refractivity (Wildman–Crippen MR) is 110 cm³/mol. The van der Waals surface area contributed by atoms with Crippen molar-refractivity contribution in [3.63, 3.8) is 0 Å². The third-order valence-electron chi connectivity index (χ3n) is 3.91. The Balaban J connectivity index is 0.00000364. The first kappa shape index (κ1) is 22.6. The summed E-state index contributed by atoms with van der Waals surface area (Å²) >= 11 is 5.98. The van der Waals surface area contributed by atoms with Crippen molar-refractivity contribution in [3.05, 3.63) is 58.6 Å². The number of anilines is 1. The van der Waals surface area contributed by atoms with Gasteiger partial charge in [0.2, 0.25) is 5.91 Å². The maximum atomic E-state index is 12.4. The molecule has 6 nitrogen and oxygen atoms in total. The fourth-order valence-corrected chi connectivity index (χ4v) is 2.62. The van der Waals surface area contributed by atoms with Crippen LogP contribution in [0.2, 0.25) is 5.02 Å². The molecule has 2 rings (SSSR count). The number of hydrogen-bond donors (Lipinski definition) is 2. The van der Waals surface area contributed by atoms with E-state index in [1.807, 2.05) is 37.3 Å². The molecule has 2 aromatic rings. The van der Waals surface area contributed by atoms with Crippen molar-refractivity contribution in [2.75, 3.05) is 25.9 Å². The maximum absolute atomic E-state index is 12.4. The number of hydrogen-bond acceptors (Lipinski definition) is 4. The minimum Gasteiger partial charge on any atom is -0.496 e. The fraction of sp³-hybridized carbons (Fsp3) is 0.263. The molecule has 0 saturated heterocycles. The van der Waals surface area contributed by atoms with Crippen molar-refractivity contribution < 1.29 is 14.3 Å². The highest BCUT2D eigenvalue weighted by Gasteiger charge is 2.18. The van der Waals surface area contributed by atoms with Gasteiger partial charge in [0.25, 0.3) is 5.91 Å². The lowest BCUT2D eigenvalue weighted by Gasteiger charge is -2.21. The van der Waals surface area contributed by atoms with Crippen LogP contribution in [0.15, 0.2) is 42.5 Å². The molecule has 0 aliphatic rings. The van der Waals surface area contributed by atoms with Crippen molar-refractivity contribution in [1.29, 1.82) is 0 Å². The van der Waals surface area contributed by atoms with E-state index in [2.05, 4.69) is 5.32 Å². The molecular formula is C19H23Cl2N3O3. The van der Waals surface area contributed by atoms with Crippen LogP contribution in [0, 0.1) is 0 Å². The van der Waals surface area contributed by atoms with Crippen LogP contribution in [0.4, 0.5) is 5.69 Å². The first-order valence-electron chi connectivity index (χ1n) is 8.19. The number of nitrogens with two attached hydrogens (primary N) is 1.